The summed E-state index contributed by atoms with van der Waals surface area (Å²) in [5.74, 6) is 0.0401. The normalized spacial score (nSPS) is 29.6. The van der Waals surface area contributed by atoms with Crippen molar-refractivity contribution in [2.24, 2.45) is 11.7 Å². The zero-order valence-corrected chi connectivity index (χ0v) is 18.9. The van der Waals surface area contributed by atoms with Crippen LogP contribution in [0.4, 0.5) is 4.39 Å². The van der Waals surface area contributed by atoms with Crippen molar-refractivity contribution in [2.75, 3.05) is 19.6 Å². The summed E-state index contributed by atoms with van der Waals surface area (Å²) in [5, 5.41) is 9.29. The van der Waals surface area contributed by atoms with E-state index < -0.39 is 12.1 Å². The second kappa shape index (κ2) is 9.03. The SMILES string of the molecule is N#C[C@@H]1CCCN1C(=O)[C@@H](N)CN1CC2C[C@@H]1C(=O)N2[C@H](c1ccc(F)cc1)C1CCCC1. The lowest BCUT2D eigenvalue weighted by Gasteiger charge is -2.42. The van der Waals surface area contributed by atoms with Gasteiger partial charge in [0.1, 0.15) is 11.9 Å². The first-order valence-corrected chi connectivity index (χ1v) is 12.3. The molecule has 3 heterocycles. The Labute approximate surface area is 194 Å². The minimum atomic E-state index is -0.734. The molecule has 1 aromatic rings. The van der Waals surface area contributed by atoms with E-state index in [-0.39, 0.29) is 35.8 Å². The first-order valence-electron chi connectivity index (χ1n) is 12.3. The van der Waals surface area contributed by atoms with Crippen LogP contribution in [-0.4, -0.2) is 70.3 Å². The summed E-state index contributed by atoms with van der Waals surface area (Å²) >= 11 is 0. The average Bonchev–Trinajstić information content (AvgIpc) is 3.60. The van der Waals surface area contributed by atoms with Crippen LogP contribution in [0.2, 0.25) is 0 Å². The molecule has 176 valence electrons. The Morgan fingerprint density at radius 3 is 2.58 bits per heavy atom. The third kappa shape index (κ3) is 4.02. The van der Waals surface area contributed by atoms with Crippen molar-refractivity contribution in [3.8, 4) is 6.07 Å². The molecule has 0 aromatic heterocycles. The molecular weight excluding hydrogens is 421 g/mol. The van der Waals surface area contributed by atoms with E-state index in [2.05, 4.69) is 15.9 Å². The predicted molar refractivity (Wildman–Crippen MR) is 120 cm³/mol. The molecule has 1 aliphatic carbocycles. The molecule has 1 saturated carbocycles. The van der Waals surface area contributed by atoms with Crippen molar-refractivity contribution < 1.29 is 14.0 Å². The number of piperazine rings is 1. The van der Waals surface area contributed by atoms with Crippen LogP contribution in [0.25, 0.3) is 0 Å². The molecule has 4 fully saturated rings. The van der Waals surface area contributed by atoms with Crippen molar-refractivity contribution in [1.29, 1.82) is 5.26 Å². The summed E-state index contributed by atoms with van der Waals surface area (Å²) in [6.07, 6.45) is 6.77. The van der Waals surface area contributed by atoms with E-state index in [1.165, 1.54) is 25.0 Å². The number of likely N-dealkylation sites (tertiary alicyclic amines) is 3. The second-order valence-corrected chi connectivity index (χ2v) is 10.1. The van der Waals surface area contributed by atoms with E-state index in [4.69, 9.17) is 5.73 Å². The predicted octanol–water partition coefficient (Wildman–Crippen LogP) is 2.18. The van der Waals surface area contributed by atoms with Gasteiger partial charge in [-0.05, 0) is 55.7 Å². The minimum Gasteiger partial charge on any atom is -0.330 e. The van der Waals surface area contributed by atoms with Crippen molar-refractivity contribution in [3.63, 3.8) is 0 Å². The summed E-state index contributed by atoms with van der Waals surface area (Å²) in [6, 6.07) is 7.49. The largest absolute Gasteiger partial charge is 0.330 e. The highest BCUT2D eigenvalue weighted by atomic mass is 19.1. The zero-order valence-electron chi connectivity index (χ0n) is 18.9. The third-order valence-corrected chi connectivity index (χ3v) is 8.11. The van der Waals surface area contributed by atoms with Gasteiger partial charge in [0.05, 0.1) is 24.2 Å². The Morgan fingerprint density at radius 1 is 1.18 bits per heavy atom. The first kappa shape index (κ1) is 22.3. The van der Waals surface area contributed by atoms with Crippen LogP contribution in [-0.2, 0) is 9.59 Å². The quantitative estimate of drug-likeness (QED) is 0.713. The molecule has 3 aliphatic heterocycles. The van der Waals surface area contributed by atoms with Crippen LogP contribution >= 0.6 is 0 Å². The molecule has 33 heavy (non-hydrogen) atoms. The molecular formula is C25H32FN5O2. The zero-order chi connectivity index (χ0) is 23.1. The molecule has 3 saturated heterocycles. The standard InChI is InChI=1S/C25H32FN5O2/c26-18-9-7-17(8-10-18)23(16-4-1-2-5-16)31-20-12-22(25(31)33)29(14-20)15-21(28)24(32)30-11-3-6-19(30)13-27/h7-10,16,19-23H,1-6,11-12,14-15,28H2/t19-,20?,21-,22+,23-/m0/s1. The molecule has 1 aromatic carbocycles. The molecule has 5 atom stereocenters. The van der Waals surface area contributed by atoms with E-state index in [1.54, 1.807) is 4.90 Å². The lowest BCUT2D eigenvalue weighted by atomic mass is 9.89. The fourth-order valence-electron chi connectivity index (χ4n) is 6.56. The number of hydrogen-bond acceptors (Lipinski definition) is 5. The molecule has 1 unspecified atom stereocenters. The van der Waals surface area contributed by atoms with Crippen LogP contribution in [0, 0.1) is 23.1 Å². The Balaban J connectivity index is 1.29. The summed E-state index contributed by atoms with van der Waals surface area (Å²) in [5.41, 5.74) is 7.28. The monoisotopic (exact) mass is 453 g/mol. The molecule has 0 spiro atoms. The number of carbonyl (C=O) groups is 2. The number of rotatable bonds is 6. The van der Waals surface area contributed by atoms with Gasteiger partial charge in [0, 0.05) is 25.7 Å². The smallest absolute Gasteiger partial charge is 0.241 e. The van der Waals surface area contributed by atoms with Gasteiger partial charge in [-0.15, -0.1) is 0 Å². The molecule has 2 bridgehead atoms. The van der Waals surface area contributed by atoms with Gasteiger partial charge in [-0.3, -0.25) is 14.5 Å². The lowest BCUT2D eigenvalue weighted by Crippen LogP contribution is -2.57. The fraction of sp³-hybridized carbons (Fsp3) is 0.640. The Kier molecular flexibility index (Phi) is 6.11. The average molecular weight is 454 g/mol. The van der Waals surface area contributed by atoms with Gasteiger partial charge in [-0.2, -0.15) is 5.26 Å². The van der Waals surface area contributed by atoms with Crippen LogP contribution in [0.1, 0.15) is 56.6 Å². The Hall–Kier alpha value is -2.50. The van der Waals surface area contributed by atoms with Gasteiger partial charge in [-0.25, -0.2) is 4.39 Å². The Bertz CT molecular complexity index is 941. The van der Waals surface area contributed by atoms with Crippen molar-refractivity contribution in [1.82, 2.24) is 14.7 Å². The van der Waals surface area contributed by atoms with Crippen LogP contribution in [0.5, 0.6) is 0 Å². The summed E-state index contributed by atoms with van der Waals surface area (Å²) in [6.45, 7) is 1.60. The third-order valence-electron chi connectivity index (χ3n) is 8.11. The highest BCUT2D eigenvalue weighted by molar-refractivity contribution is 5.87. The molecule has 4 aliphatic rings. The number of benzene rings is 1. The summed E-state index contributed by atoms with van der Waals surface area (Å²) < 4.78 is 13.6. The topological polar surface area (TPSA) is 93.7 Å². The molecule has 7 nitrogen and oxygen atoms in total. The number of carbonyl (C=O) groups excluding carboxylic acids is 2. The van der Waals surface area contributed by atoms with Gasteiger partial charge < -0.3 is 15.5 Å². The van der Waals surface area contributed by atoms with Gasteiger partial charge >= 0.3 is 0 Å². The van der Waals surface area contributed by atoms with E-state index in [9.17, 15) is 19.2 Å². The van der Waals surface area contributed by atoms with Crippen LogP contribution < -0.4 is 5.73 Å². The molecule has 8 heteroatoms. The fourth-order valence-corrected chi connectivity index (χ4v) is 6.56. The Morgan fingerprint density at radius 2 is 1.91 bits per heavy atom. The maximum Gasteiger partial charge on any atom is 0.241 e. The summed E-state index contributed by atoms with van der Waals surface area (Å²) in [7, 11) is 0. The van der Waals surface area contributed by atoms with E-state index in [0.717, 1.165) is 31.2 Å². The maximum absolute atomic E-state index is 13.6. The van der Waals surface area contributed by atoms with Crippen LogP contribution in [0.3, 0.4) is 0 Å². The molecule has 2 amide bonds. The van der Waals surface area contributed by atoms with Gasteiger partial charge in [0.2, 0.25) is 11.8 Å². The highest BCUT2D eigenvalue weighted by Gasteiger charge is 2.53. The minimum absolute atomic E-state index is 0.0194. The van der Waals surface area contributed by atoms with Gasteiger partial charge in [0.15, 0.2) is 0 Å². The van der Waals surface area contributed by atoms with Crippen molar-refractivity contribution >= 4 is 11.8 Å². The van der Waals surface area contributed by atoms with Crippen molar-refractivity contribution in [3.05, 3.63) is 35.6 Å². The molecule has 2 N–H and O–H groups in total. The number of nitriles is 1. The number of halogens is 1. The van der Waals surface area contributed by atoms with Gasteiger partial charge in [-0.1, -0.05) is 25.0 Å². The summed E-state index contributed by atoms with van der Waals surface area (Å²) in [4.78, 5) is 32.1. The van der Waals surface area contributed by atoms with E-state index in [1.807, 2.05) is 12.1 Å². The number of hydrogen-bond donors (Lipinski definition) is 1. The molecule has 0 radical (unpaired) electrons. The first-order chi connectivity index (χ1) is 16.0. The van der Waals surface area contributed by atoms with Crippen molar-refractivity contribution in [2.45, 2.75) is 75.2 Å². The number of nitrogens with zero attached hydrogens (tertiary/aromatic N) is 4. The lowest BCUT2D eigenvalue weighted by molar-refractivity contribution is -0.142. The molecule has 5 rings (SSSR count). The highest BCUT2D eigenvalue weighted by Crippen LogP contribution is 2.45. The number of amides is 2. The second-order valence-electron chi connectivity index (χ2n) is 10.1. The van der Waals surface area contributed by atoms with E-state index in [0.29, 0.717) is 32.0 Å². The van der Waals surface area contributed by atoms with Gasteiger partial charge in [0.25, 0.3) is 0 Å². The maximum atomic E-state index is 13.6. The van der Waals surface area contributed by atoms with Crippen LogP contribution in [0.15, 0.2) is 24.3 Å². The number of nitrogens with two attached hydrogens (primary N) is 1. The number of fused-ring (bicyclic) bond motifs is 2. The van der Waals surface area contributed by atoms with E-state index >= 15 is 0 Å².